The number of rotatable bonds is 3. The molecule has 2 N–H and O–H groups in total. The summed E-state index contributed by atoms with van der Waals surface area (Å²) in [5, 5.41) is 25.0. The first kappa shape index (κ1) is 20.7. The van der Waals surface area contributed by atoms with Crippen molar-refractivity contribution in [1.29, 1.82) is 5.26 Å². The van der Waals surface area contributed by atoms with Gasteiger partial charge in [0, 0.05) is 22.7 Å². The van der Waals surface area contributed by atoms with Gasteiger partial charge in [-0.1, -0.05) is 41.5 Å². The van der Waals surface area contributed by atoms with E-state index in [-0.39, 0.29) is 22.2 Å². The van der Waals surface area contributed by atoms with E-state index in [0.717, 1.165) is 11.1 Å². The zero-order valence-electron chi connectivity index (χ0n) is 16.5. The van der Waals surface area contributed by atoms with Crippen LogP contribution in [-0.2, 0) is 15.6 Å². The number of amides is 1. The van der Waals surface area contributed by atoms with Gasteiger partial charge in [-0.05, 0) is 34.6 Å². The predicted molar refractivity (Wildman–Crippen MR) is 110 cm³/mol. The Morgan fingerprint density at radius 2 is 1.74 bits per heavy atom. The number of hydrogen-bond acceptors (Lipinski definition) is 5. The van der Waals surface area contributed by atoms with Gasteiger partial charge >= 0.3 is 0 Å². The molecule has 27 heavy (non-hydrogen) atoms. The molecule has 0 unspecified atom stereocenters. The van der Waals surface area contributed by atoms with Crippen molar-refractivity contribution in [2.75, 3.05) is 5.32 Å². The molecule has 0 fully saturated rings. The maximum absolute atomic E-state index is 12.4. The molecule has 1 amide bonds. The summed E-state index contributed by atoms with van der Waals surface area (Å²) in [6, 6.07) is 5.62. The Morgan fingerprint density at radius 3 is 2.15 bits per heavy atom. The first-order chi connectivity index (χ1) is 12.4. The van der Waals surface area contributed by atoms with E-state index >= 15 is 0 Å². The van der Waals surface area contributed by atoms with Gasteiger partial charge in [-0.25, -0.2) is 4.98 Å². The van der Waals surface area contributed by atoms with Crippen LogP contribution in [0.15, 0.2) is 29.3 Å². The molecule has 0 saturated heterocycles. The minimum Gasteiger partial charge on any atom is -0.507 e. The highest BCUT2D eigenvalue weighted by atomic mass is 32.1. The molecule has 0 saturated carbocycles. The fourth-order valence-electron chi connectivity index (χ4n) is 2.65. The number of benzene rings is 1. The molecule has 142 valence electrons. The fraction of sp³-hybridized carbons (Fsp3) is 0.381. The highest BCUT2D eigenvalue weighted by molar-refractivity contribution is 7.13. The number of phenols is 1. The van der Waals surface area contributed by atoms with Crippen molar-refractivity contribution in [3.05, 3.63) is 46.0 Å². The molecular weight excluding hydrogens is 358 g/mol. The molecule has 0 radical (unpaired) electrons. The van der Waals surface area contributed by atoms with E-state index < -0.39 is 5.91 Å². The standard InChI is InChI=1S/C21H25N3O2S/c1-20(2,3)15-10-13(11-16(17(15)25)21(4,5)6)9-14(12-22)18(26)24-19-23-7-8-27-19/h7-11,25H,1-6H3,(H,23,24,26)/b14-9-. The SMILES string of the molecule is CC(C)(C)c1cc(/C=C(/C#N)C(=O)Nc2nccs2)cc(C(C)(C)C)c1O. The summed E-state index contributed by atoms with van der Waals surface area (Å²) < 4.78 is 0. The second kappa shape index (κ2) is 7.53. The monoisotopic (exact) mass is 383 g/mol. The number of aromatic nitrogens is 1. The molecule has 1 aromatic carbocycles. The van der Waals surface area contributed by atoms with Gasteiger partial charge < -0.3 is 5.11 Å². The first-order valence-electron chi connectivity index (χ1n) is 8.64. The highest BCUT2D eigenvalue weighted by Crippen LogP contribution is 2.40. The van der Waals surface area contributed by atoms with Crippen LogP contribution < -0.4 is 5.32 Å². The van der Waals surface area contributed by atoms with Crippen molar-refractivity contribution in [2.45, 2.75) is 52.4 Å². The quantitative estimate of drug-likeness (QED) is 0.577. The largest absolute Gasteiger partial charge is 0.507 e. The van der Waals surface area contributed by atoms with Crippen LogP contribution in [0, 0.1) is 11.3 Å². The van der Waals surface area contributed by atoms with Gasteiger partial charge in [-0.2, -0.15) is 5.26 Å². The molecule has 0 aliphatic carbocycles. The van der Waals surface area contributed by atoms with Crippen molar-refractivity contribution >= 4 is 28.5 Å². The minimum atomic E-state index is -0.504. The molecular formula is C21H25N3O2S. The van der Waals surface area contributed by atoms with Crippen LogP contribution in [0.4, 0.5) is 5.13 Å². The number of thiazole rings is 1. The summed E-state index contributed by atoms with van der Waals surface area (Å²) in [7, 11) is 0. The van der Waals surface area contributed by atoms with E-state index in [2.05, 4.69) is 10.3 Å². The first-order valence-corrected chi connectivity index (χ1v) is 9.52. The van der Waals surface area contributed by atoms with E-state index in [1.54, 1.807) is 17.7 Å². The average molecular weight is 384 g/mol. The topological polar surface area (TPSA) is 86.0 Å². The van der Waals surface area contributed by atoms with Crippen LogP contribution in [0.1, 0.15) is 58.2 Å². The van der Waals surface area contributed by atoms with Crippen LogP contribution in [0.25, 0.3) is 6.08 Å². The molecule has 0 spiro atoms. The molecule has 0 aliphatic rings. The molecule has 2 aromatic rings. The van der Waals surface area contributed by atoms with Gasteiger partial charge in [0.1, 0.15) is 17.4 Å². The third kappa shape index (κ3) is 4.95. The summed E-state index contributed by atoms with van der Waals surface area (Å²) >= 11 is 1.29. The Labute approximate surface area is 164 Å². The third-order valence-electron chi connectivity index (χ3n) is 4.08. The second-order valence-corrected chi connectivity index (χ2v) is 9.32. The number of hydrogen-bond donors (Lipinski definition) is 2. The molecule has 0 atom stereocenters. The maximum Gasteiger partial charge on any atom is 0.268 e. The molecule has 2 rings (SSSR count). The minimum absolute atomic E-state index is 0.0180. The van der Waals surface area contributed by atoms with E-state index in [4.69, 9.17) is 0 Å². The number of anilines is 1. The second-order valence-electron chi connectivity index (χ2n) is 8.43. The summed E-state index contributed by atoms with van der Waals surface area (Å²) in [5.74, 6) is -0.243. The lowest BCUT2D eigenvalue weighted by Gasteiger charge is -2.28. The lowest BCUT2D eigenvalue weighted by atomic mass is 9.78. The van der Waals surface area contributed by atoms with Crippen molar-refractivity contribution in [1.82, 2.24) is 4.98 Å². The zero-order valence-corrected chi connectivity index (χ0v) is 17.4. The summed E-state index contributed by atoms with van der Waals surface area (Å²) in [5.41, 5.74) is 1.66. The smallest absolute Gasteiger partial charge is 0.268 e. The summed E-state index contributed by atoms with van der Waals surface area (Å²) in [6.07, 6.45) is 3.13. The number of phenolic OH excluding ortho intramolecular Hbond substituents is 1. The molecule has 6 heteroatoms. The van der Waals surface area contributed by atoms with E-state index in [1.807, 2.05) is 59.7 Å². The van der Waals surface area contributed by atoms with Crippen molar-refractivity contribution in [2.24, 2.45) is 0 Å². The van der Waals surface area contributed by atoms with Crippen molar-refractivity contribution in [3.8, 4) is 11.8 Å². The zero-order chi connectivity index (χ0) is 20.4. The normalized spacial score (nSPS) is 12.6. The molecule has 5 nitrogen and oxygen atoms in total. The van der Waals surface area contributed by atoms with Crippen molar-refractivity contribution < 1.29 is 9.90 Å². The highest BCUT2D eigenvalue weighted by Gasteiger charge is 2.26. The van der Waals surface area contributed by atoms with E-state index in [0.29, 0.717) is 10.7 Å². The van der Waals surface area contributed by atoms with Crippen LogP contribution in [-0.4, -0.2) is 16.0 Å². The predicted octanol–water partition coefficient (Wildman–Crippen LogP) is 4.99. The average Bonchev–Trinajstić information content (AvgIpc) is 3.04. The number of nitrogens with zero attached hydrogens (tertiary/aromatic N) is 2. The maximum atomic E-state index is 12.4. The van der Waals surface area contributed by atoms with Gasteiger partial charge in [0.25, 0.3) is 5.91 Å². The van der Waals surface area contributed by atoms with Crippen LogP contribution in [0.5, 0.6) is 5.75 Å². The summed E-state index contributed by atoms with van der Waals surface area (Å²) in [4.78, 5) is 16.4. The van der Waals surface area contributed by atoms with Gasteiger partial charge in [-0.3, -0.25) is 10.1 Å². The van der Waals surface area contributed by atoms with Crippen molar-refractivity contribution in [3.63, 3.8) is 0 Å². The van der Waals surface area contributed by atoms with Crippen LogP contribution in [0.3, 0.4) is 0 Å². The summed E-state index contributed by atoms with van der Waals surface area (Å²) in [6.45, 7) is 12.1. The Morgan fingerprint density at radius 1 is 1.19 bits per heavy atom. The Balaban J connectivity index is 2.54. The van der Waals surface area contributed by atoms with E-state index in [1.165, 1.54) is 11.3 Å². The Bertz CT molecular complexity index is 873. The van der Waals surface area contributed by atoms with E-state index in [9.17, 15) is 15.2 Å². The molecule has 1 aromatic heterocycles. The van der Waals surface area contributed by atoms with Gasteiger partial charge in [-0.15, -0.1) is 11.3 Å². The number of carbonyl (C=O) groups excluding carboxylic acids is 1. The number of aromatic hydroxyl groups is 1. The van der Waals surface area contributed by atoms with Crippen LogP contribution in [0.2, 0.25) is 0 Å². The van der Waals surface area contributed by atoms with Crippen LogP contribution >= 0.6 is 11.3 Å². The fourth-order valence-corrected chi connectivity index (χ4v) is 3.17. The van der Waals surface area contributed by atoms with Gasteiger partial charge in [0.15, 0.2) is 5.13 Å². The third-order valence-corrected chi connectivity index (χ3v) is 4.77. The lowest BCUT2D eigenvalue weighted by molar-refractivity contribution is -0.112. The van der Waals surface area contributed by atoms with Gasteiger partial charge in [0.2, 0.25) is 0 Å². The molecule has 1 heterocycles. The number of carbonyl (C=O) groups is 1. The number of nitrogens with one attached hydrogen (secondary N) is 1. The van der Waals surface area contributed by atoms with Gasteiger partial charge in [0.05, 0.1) is 0 Å². The molecule has 0 aliphatic heterocycles. The Hall–Kier alpha value is -2.65. The number of nitriles is 1. The molecule has 0 bridgehead atoms. The lowest BCUT2D eigenvalue weighted by Crippen LogP contribution is -2.18. The Kier molecular flexibility index (Phi) is 5.76.